The number of amides is 1. The van der Waals surface area contributed by atoms with Crippen LogP contribution in [0.1, 0.15) is 43.4 Å². The van der Waals surface area contributed by atoms with E-state index in [1.54, 1.807) is 24.4 Å². The zero-order valence-corrected chi connectivity index (χ0v) is 16.6. The molecule has 0 saturated heterocycles. The van der Waals surface area contributed by atoms with Crippen LogP contribution in [-0.2, 0) is 11.8 Å². The summed E-state index contributed by atoms with van der Waals surface area (Å²) >= 11 is 0. The first kappa shape index (κ1) is 19.9. The van der Waals surface area contributed by atoms with Crippen LogP contribution in [0.4, 0.5) is 4.79 Å². The number of hydrogen-bond donors (Lipinski definition) is 1. The van der Waals surface area contributed by atoms with E-state index in [-0.39, 0.29) is 11.4 Å². The number of benzene rings is 1. The quantitative estimate of drug-likeness (QED) is 0.728. The van der Waals surface area contributed by atoms with Gasteiger partial charge in [0, 0.05) is 30.1 Å². The molecular weight excluding hydrogens is 366 g/mol. The van der Waals surface area contributed by atoms with Crippen LogP contribution in [0.15, 0.2) is 47.0 Å². The molecule has 0 aliphatic carbocycles. The van der Waals surface area contributed by atoms with E-state index in [1.165, 1.54) is 4.68 Å². The molecule has 3 aromatic rings. The highest BCUT2D eigenvalue weighted by Gasteiger charge is 2.18. The zero-order chi connectivity index (χ0) is 21.0. The lowest BCUT2D eigenvalue weighted by Crippen LogP contribution is -2.31. The number of carbonyl (C=O) groups excluding carboxylic acids is 1. The van der Waals surface area contributed by atoms with E-state index in [1.807, 2.05) is 51.1 Å². The fourth-order valence-corrected chi connectivity index (χ4v) is 2.77. The lowest BCUT2D eigenvalue weighted by Gasteiger charge is -2.14. The standard InChI is InChI=1S/C22H21N5O2/c1-22(2,3)20-9-11-27(26-20)21(28)25-10-8-18-6-7-19(29-18)15-4-5-16(13-23)17(12-15)14-24/h4-7,9,11-12H,8,10H2,1-3H3,(H,25,28). The third-order valence-electron chi connectivity index (χ3n) is 4.42. The summed E-state index contributed by atoms with van der Waals surface area (Å²) in [5.41, 5.74) is 2.10. The summed E-state index contributed by atoms with van der Waals surface area (Å²) in [7, 11) is 0. The van der Waals surface area contributed by atoms with Crippen molar-refractivity contribution in [3.05, 3.63) is 65.2 Å². The molecule has 1 aromatic carbocycles. The summed E-state index contributed by atoms with van der Waals surface area (Å²) in [6, 6.07) is 14.2. The van der Waals surface area contributed by atoms with Gasteiger partial charge in [-0.25, -0.2) is 4.79 Å². The van der Waals surface area contributed by atoms with Crippen molar-refractivity contribution in [1.29, 1.82) is 10.5 Å². The molecule has 29 heavy (non-hydrogen) atoms. The van der Waals surface area contributed by atoms with Gasteiger partial charge in [0.2, 0.25) is 0 Å². The molecule has 0 aliphatic rings. The third-order valence-corrected chi connectivity index (χ3v) is 4.42. The number of furan rings is 1. The summed E-state index contributed by atoms with van der Waals surface area (Å²) in [6.07, 6.45) is 2.17. The van der Waals surface area contributed by atoms with Gasteiger partial charge in [-0.2, -0.15) is 20.3 Å². The first-order chi connectivity index (χ1) is 13.8. The Morgan fingerprint density at radius 1 is 1.14 bits per heavy atom. The summed E-state index contributed by atoms with van der Waals surface area (Å²) in [6.45, 7) is 6.52. The second-order valence-corrected chi connectivity index (χ2v) is 7.63. The zero-order valence-electron chi connectivity index (χ0n) is 16.6. The van der Waals surface area contributed by atoms with Crippen LogP contribution >= 0.6 is 0 Å². The number of carbonyl (C=O) groups is 1. The first-order valence-corrected chi connectivity index (χ1v) is 9.19. The molecule has 2 aromatic heterocycles. The highest BCUT2D eigenvalue weighted by atomic mass is 16.3. The van der Waals surface area contributed by atoms with Crippen LogP contribution in [0, 0.1) is 22.7 Å². The van der Waals surface area contributed by atoms with Gasteiger partial charge in [-0.15, -0.1) is 0 Å². The Morgan fingerprint density at radius 2 is 1.90 bits per heavy atom. The normalized spacial score (nSPS) is 10.9. The minimum Gasteiger partial charge on any atom is -0.461 e. The summed E-state index contributed by atoms with van der Waals surface area (Å²) < 4.78 is 7.11. The average molecular weight is 387 g/mol. The molecule has 0 saturated carbocycles. The monoisotopic (exact) mass is 387 g/mol. The lowest BCUT2D eigenvalue weighted by molar-refractivity contribution is 0.239. The number of nitrogens with one attached hydrogen (secondary N) is 1. The molecule has 2 heterocycles. The van der Waals surface area contributed by atoms with Crippen molar-refractivity contribution in [3.8, 4) is 23.5 Å². The summed E-state index contributed by atoms with van der Waals surface area (Å²) in [4.78, 5) is 12.2. The molecule has 0 unspecified atom stereocenters. The predicted molar refractivity (Wildman–Crippen MR) is 107 cm³/mol. The smallest absolute Gasteiger partial charge is 0.342 e. The van der Waals surface area contributed by atoms with Crippen molar-refractivity contribution >= 4 is 6.03 Å². The summed E-state index contributed by atoms with van der Waals surface area (Å²) in [5, 5.41) is 25.3. The van der Waals surface area contributed by atoms with Crippen molar-refractivity contribution in [2.75, 3.05) is 6.54 Å². The van der Waals surface area contributed by atoms with Gasteiger partial charge in [-0.3, -0.25) is 0 Å². The Bertz CT molecular complexity index is 1120. The van der Waals surface area contributed by atoms with Gasteiger partial charge < -0.3 is 9.73 Å². The molecule has 0 aliphatic heterocycles. The van der Waals surface area contributed by atoms with Crippen LogP contribution in [0.3, 0.4) is 0 Å². The third kappa shape index (κ3) is 4.53. The number of hydrogen-bond acceptors (Lipinski definition) is 5. The average Bonchev–Trinajstić information content (AvgIpc) is 3.37. The molecule has 0 spiro atoms. The molecule has 7 heteroatoms. The second kappa shape index (κ2) is 8.04. The van der Waals surface area contributed by atoms with Gasteiger partial charge in [0.15, 0.2) is 0 Å². The van der Waals surface area contributed by atoms with Crippen molar-refractivity contribution < 1.29 is 9.21 Å². The number of aromatic nitrogens is 2. The Hall–Kier alpha value is -3.84. The molecule has 0 bridgehead atoms. The number of rotatable bonds is 4. The molecule has 0 fully saturated rings. The van der Waals surface area contributed by atoms with Crippen LogP contribution in [-0.4, -0.2) is 22.4 Å². The van der Waals surface area contributed by atoms with Crippen LogP contribution < -0.4 is 5.32 Å². The number of nitrogens with zero attached hydrogens (tertiary/aromatic N) is 4. The van der Waals surface area contributed by atoms with Crippen LogP contribution in [0.25, 0.3) is 11.3 Å². The molecule has 146 valence electrons. The topological polar surface area (TPSA) is 108 Å². The Labute approximate surface area is 169 Å². The molecule has 1 amide bonds. The lowest BCUT2D eigenvalue weighted by atomic mass is 9.93. The van der Waals surface area contributed by atoms with E-state index in [2.05, 4.69) is 10.4 Å². The SMILES string of the molecule is CC(C)(C)c1ccn(C(=O)NCCc2ccc(-c3ccc(C#N)c(C#N)c3)o2)n1. The van der Waals surface area contributed by atoms with Gasteiger partial charge >= 0.3 is 6.03 Å². The van der Waals surface area contributed by atoms with Gasteiger partial charge in [0.25, 0.3) is 0 Å². The minimum atomic E-state index is -0.293. The second-order valence-electron chi connectivity index (χ2n) is 7.63. The van der Waals surface area contributed by atoms with Crippen molar-refractivity contribution in [2.24, 2.45) is 0 Å². The molecule has 0 radical (unpaired) electrons. The van der Waals surface area contributed by atoms with E-state index in [9.17, 15) is 4.79 Å². The molecular formula is C22H21N5O2. The minimum absolute atomic E-state index is 0.118. The fourth-order valence-electron chi connectivity index (χ4n) is 2.77. The van der Waals surface area contributed by atoms with Gasteiger partial charge in [-0.1, -0.05) is 20.8 Å². The molecule has 0 atom stereocenters. The van der Waals surface area contributed by atoms with E-state index in [0.717, 1.165) is 11.3 Å². The number of nitriles is 2. The molecule has 3 rings (SSSR count). The van der Waals surface area contributed by atoms with Crippen molar-refractivity contribution in [2.45, 2.75) is 32.6 Å². The molecule has 7 nitrogen and oxygen atoms in total. The van der Waals surface area contributed by atoms with E-state index in [0.29, 0.717) is 35.6 Å². The van der Waals surface area contributed by atoms with Crippen LogP contribution in [0.5, 0.6) is 0 Å². The van der Waals surface area contributed by atoms with E-state index >= 15 is 0 Å². The maximum Gasteiger partial charge on any atom is 0.342 e. The Balaban J connectivity index is 1.60. The van der Waals surface area contributed by atoms with Crippen molar-refractivity contribution in [1.82, 2.24) is 15.1 Å². The largest absolute Gasteiger partial charge is 0.461 e. The first-order valence-electron chi connectivity index (χ1n) is 9.19. The highest BCUT2D eigenvalue weighted by Crippen LogP contribution is 2.24. The highest BCUT2D eigenvalue weighted by molar-refractivity contribution is 5.75. The predicted octanol–water partition coefficient (Wildman–Crippen LogP) is 3.98. The van der Waals surface area contributed by atoms with E-state index in [4.69, 9.17) is 14.9 Å². The Morgan fingerprint density at radius 3 is 2.55 bits per heavy atom. The van der Waals surface area contributed by atoms with Gasteiger partial charge in [-0.05, 0) is 36.4 Å². The van der Waals surface area contributed by atoms with Gasteiger partial charge in [0.1, 0.15) is 23.7 Å². The van der Waals surface area contributed by atoms with Crippen molar-refractivity contribution in [3.63, 3.8) is 0 Å². The van der Waals surface area contributed by atoms with Crippen LogP contribution in [0.2, 0.25) is 0 Å². The van der Waals surface area contributed by atoms with Gasteiger partial charge in [0.05, 0.1) is 16.8 Å². The maximum absolute atomic E-state index is 12.2. The summed E-state index contributed by atoms with van der Waals surface area (Å²) in [5.74, 6) is 1.31. The maximum atomic E-state index is 12.2. The fraction of sp³-hybridized carbons (Fsp3) is 0.273. The van der Waals surface area contributed by atoms with E-state index < -0.39 is 0 Å². The Kier molecular flexibility index (Phi) is 5.52. The molecule has 1 N–H and O–H groups in total.